The number of hydrogen-bond acceptors (Lipinski definition) is 2. The van der Waals surface area contributed by atoms with Crippen LogP contribution in [0.4, 0.5) is 5.69 Å². The van der Waals surface area contributed by atoms with Crippen LogP contribution in [-0.4, -0.2) is 19.1 Å². The Kier molecular flexibility index (Phi) is 4.34. The zero-order valence-corrected chi connectivity index (χ0v) is 11.8. The van der Waals surface area contributed by atoms with Crippen molar-refractivity contribution in [2.75, 3.05) is 18.4 Å². The Hall–Kier alpha value is -1.80. The molecular formula is C18H22N2. The van der Waals surface area contributed by atoms with E-state index in [1.807, 2.05) is 0 Å². The summed E-state index contributed by atoms with van der Waals surface area (Å²) in [4.78, 5) is 0. The normalized spacial score (nSPS) is 16.0. The van der Waals surface area contributed by atoms with Crippen molar-refractivity contribution < 1.29 is 0 Å². The summed E-state index contributed by atoms with van der Waals surface area (Å²) in [6, 6.07) is 20.0. The summed E-state index contributed by atoms with van der Waals surface area (Å²) in [5.74, 6) is 0. The standard InChI is InChI=1S/C18H22N2/c1-2-6-15(7-3-1)14-16-8-4-5-9-18(16)20-17-10-12-19-13-11-17/h1-9,17,19-20H,10-14H2. The van der Waals surface area contributed by atoms with Gasteiger partial charge in [-0.25, -0.2) is 0 Å². The van der Waals surface area contributed by atoms with Crippen LogP contribution < -0.4 is 10.6 Å². The molecule has 2 N–H and O–H groups in total. The van der Waals surface area contributed by atoms with Gasteiger partial charge in [-0.3, -0.25) is 0 Å². The van der Waals surface area contributed by atoms with Crippen molar-refractivity contribution in [2.45, 2.75) is 25.3 Å². The Bertz CT molecular complexity index is 530. The SMILES string of the molecule is c1ccc(Cc2ccccc2NC2CCNCC2)cc1. The summed E-state index contributed by atoms with van der Waals surface area (Å²) < 4.78 is 0. The van der Waals surface area contributed by atoms with Gasteiger partial charge >= 0.3 is 0 Å². The molecule has 0 aromatic heterocycles. The molecule has 0 unspecified atom stereocenters. The van der Waals surface area contributed by atoms with E-state index in [2.05, 4.69) is 65.2 Å². The first-order valence-corrected chi connectivity index (χ1v) is 7.51. The molecule has 1 fully saturated rings. The zero-order valence-electron chi connectivity index (χ0n) is 11.8. The van der Waals surface area contributed by atoms with Crippen molar-refractivity contribution in [3.63, 3.8) is 0 Å². The minimum Gasteiger partial charge on any atom is -0.382 e. The predicted octanol–water partition coefficient (Wildman–Crippen LogP) is 3.44. The van der Waals surface area contributed by atoms with Gasteiger partial charge in [-0.1, -0.05) is 48.5 Å². The molecule has 0 atom stereocenters. The molecule has 0 bridgehead atoms. The Balaban J connectivity index is 1.74. The van der Waals surface area contributed by atoms with Crippen molar-refractivity contribution in [2.24, 2.45) is 0 Å². The van der Waals surface area contributed by atoms with E-state index in [1.54, 1.807) is 0 Å². The molecular weight excluding hydrogens is 244 g/mol. The lowest BCUT2D eigenvalue weighted by molar-refractivity contribution is 0.479. The van der Waals surface area contributed by atoms with Crippen LogP contribution in [0.2, 0.25) is 0 Å². The van der Waals surface area contributed by atoms with Gasteiger partial charge in [0.05, 0.1) is 0 Å². The van der Waals surface area contributed by atoms with Gasteiger partial charge in [-0.05, 0) is 49.5 Å². The van der Waals surface area contributed by atoms with E-state index in [1.165, 1.54) is 29.7 Å². The van der Waals surface area contributed by atoms with Gasteiger partial charge in [0.2, 0.25) is 0 Å². The van der Waals surface area contributed by atoms with Gasteiger partial charge in [0.15, 0.2) is 0 Å². The first-order valence-electron chi connectivity index (χ1n) is 7.51. The summed E-state index contributed by atoms with van der Waals surface area (Å²) in [6.07, 6.45) is 3.41. The number of para-hydroxylation sites is 1. The highest BCUT2D eigenvalue weighted by molar-refractivity contribution is 5.53. The fourth-order valence-corrected chi connectivity index (χ4v) is 2.82. The maximum atomic E-state index is 3.73. The van der Waals surface area contributed by atoms with Crippen molar-refractivity contribution in [1.82, 2.24) is 5.32 Å². The summed E-state index contributed by atoms with van der Waals surface area (Å²) in [5, 5.41) is 7.14. The predicted molar refractivity (Wildman–Crippen MR) is 85.2 cm³/mol. The molecule has 0 radical (unpaired) electrons. The smallest absolute Gasteiger partial charge is 0.0378 e. The van der Waals surface area contributed by atoms with Crippen LogP contribution in [0.3, 0.4) is 0 Å². The maximum absolute atomic E-state index is 3.73. The Labute approximate surface area is 121 Å². The molecule has 0 spiro atoms. The summed E-state index contributed by atoms with van der Waals surface area (Å²) in [5.41, 5.74) is 4.05. The van der Waals surface area contributed by atoms with Crippen LogP contribution in [0.25, 0.3) is 0 Å². The molecule has 104 valence electrons. The molecule has 0 saturated carbocycles. The van der Waals surface area contributed by atoms with Crippen LogP contribution in [0, 0.1) is 0 Å². The van der Waals surface area contributed by atoms with Gasteiger partial charge in [0.25, 0.3) is 0 Å². The Morgan fingerprint density at radius 2 is 1.60 bits per heavy atom. The second kappa shape index (κ2) is 6.58. The van der Waals surface area contributed by atoms with Crippen LogP contribution in [-0.2, 0) is 6.42 Å². The van der Waals surface area contributed by atoms with Crippen molar-refractivity contribution in [3.05, 3.63) is 65.7 Å². The van der Waals surface area contributed by atoms with E-state index in [0.717, 1.165) is 19.5 Å². The summed E-state index contributed by atoms with van der Waals surface area (Å²) >= 11 is 0. The molecule has 1 aliphatic rings. The molecule has 2 aromatic carbocycles. The highest BCUT2D eigenvalue weighted by Crippen LogP contribution is 2.21. The lowest BCUT2D eigenvalue weighted by Gasteiger charge is -2.26. The van der Waals surface area contributed by atoms with Crippen LogP contribution >= 0.6 is 0 Å². The van der Waals surface area contributed by atoms with Crippen molar-refractivity contribution in [1.29, 1.82) is 0 Å². The van der Waals surface area contributed by atoms with E-state index in [-0.39, 0.29) is 0 Å². The third kappa shape index (κ3) is 3.40. The number of hydrogen-bond donors (Lipinski definition) is 2. The topological polar surface area (TPSA) is 24.1 Å². The Morgan fingerprint density at radius 3 is 2.40 bits per heavy atom. The van der Waals surface area contributed by atoms with Crippen molar-refractivity contribution in [3.8, 4) is 0 Å². The molecule has 2 aromatic rings. The lowest BCUT2D eigenvalue weighted by atomic mass is 10.0. The monoisotopic (exact) mass is 266 g/mol. The molecule has 2 heteroatoms. The quantitative estimate of drug-likeness (QED) is 0.886. The van der Waals surface area contributed by atoms with Gasteiger partial charge < -0.3 is 10.6 Å². The fraction of sp³-hybridized carbons (Fsp3) is 0.333. The second-order valence-corrected chi connectivity index (χ2v) is 5.49. The number of benzene rings is 2. The van der Waals surface area contributed by atoms with E-state index < -0.39 is 0 Å². The van der Waals surface area contributed by atoms with E-state index in [4.69, 9.17) is 0 Å². The van der Waals surface area contributed by atoms with Crippen LogP contribution in [0.15, 0.2) is 54.6 Å². The average molecular weight is 266 g/mol. The number of nitrogens with one attached hydrogen (secondary N) is 2. The van der Waals surface area contributed by atoms with Crippen LogP contribution in [0.5, 0.6) is 0 Å². The molecule has 20 heavy (non-hydrogen) atoms. The molecule has 0 amide bonds. The lowest BCUT2D eigenvalue weighted by Crippen LogP contribution is -2.35. The third-order valence-corrected chi connectivity index (χ3v) is 3.95. The third-order valence-electron chi connectivity index (χ3n) is 3.95. The summed E-state index contributed by atoms with van der Waals surface area (Å²) in [6.45, 7) is 2.25. The summed E-state index contributed by atoms with van der Waals surface area (Å²) in [7, 11) is 0. The Morgan fingerprint density at radius 1 is 0.900 bits per heavy atom. The first kappa shape index (κ1) is 13.2. The van der Waals surface area contributed by atoms with Crippen LogP contribution in [0.1, 0.15) is 24.0 Å². The molecule has 3 rings (SSSR count). The zero-order chi connectivity index (χ0) is 13.6. The number of rotatable bonds is 4. The largest absolute Gasteiger partial charge is 0.382 e. The average Bonchev–Trinajstić information content (AvgIpc) is 2.51. The molecule has 1 heterocycles. The van der Waals surface area contributed by atoms with Gasteiger partial charge in [-0.15, -0.1) is 0 Å². The number of piperidine rings is 1. The first-order chi connectivity index (χ1) is 9.92. The highest BCUT2D eigenvalue weighted by atomic mass is 15.0. The maximum Gasteiger partial charge on any atom is 0.0378 e. The molecule has 1 aliphatic heterocycles. The molecule has 2 nitrogen and oxygen atoms in total. The van der Waals surface area contributed by atoms with Gasteiger partial charge in [0, 0.05) is 11.7 Å². The van der Waals surface area contributed by atoms with Gasteiger partial charge in [0.1, 0.15) is 0 Å². The van der Waals surface area contributed by atoms with E-state index in [9.17, 15) is 0 Å². The molecule has 1 saturated heterocycles. The van der Waals surface area contributed by atoms with Crippen molar-refractivity contribution >= 4 is 5.69 Å². The van der Waals surface area contributed by atoms with E-state index >= 15 is 0 Å². The molecule has 0 aliphatic carbocycles. The minimum absolute atomic E-state index is 0.605. The fourth-order valence-electron chi connectivity index (χ4n) is 2.82. The van der Waals surface area contributed by atoms with Gasteiger partial charge in [-0.2, -0.15) is 0 Å². The number of anilines is 1. The minimum atomic E-state index is 0.605. The highest BCUT2D eigenvalue weighted by Gasteiger charge is 2.13. The van der Waals surface area contributed by atoms with E-state index in [0.29, 0.717) is 6.04 Å². The second-order valence-electron chi connectivity index (χ2n) is 5.49.